The van der Waals surface area contributed by atoms with Crippen LogP contribution in [0.1, 0.15) is 39.0 Å². The Labute approximate surface area is 106 Å². The number of hydrogen-bond acceptors (Lipinski definition) is 4. The molecule has 0 heterocycles. The summed E-state index contributed by atoms with van der Waals surface area (Å²) in [6.45, 7) is 2.01. The third kappa shape index (κ3) is 7.43. The lowest BCUT2D eigenvalue weighted by Crippen LogP contribution is -2.31. The van der Waals surface area contributed by atoms with E-state index in [0.29, 0.717) is 0 Å². The van der Waals surface area contributed by atoms with Gasteiger partial charge in [-0.1, -0.05) is 32.6 Å². The summed E-state index contributed by atoms with van der Waals surface area (Å²) in [6.07, 6.45) is 5.33. The Kier molecular flexibility index (Phi) is 10.4. The fraction of sp³-hybridized carbons (Fsp3) is 0.909. The Balaban J connectivity index is 3.89. The predicted octanol–water partition coefficient (Wildman–Crippen LogP) is 1.43. The monoisotopic (exact) mass is 263 g/mol. The van der Waals surface area contributed by atoms with Crippen LogP contribution in [0.4, 0.5) is 0 Å². The van der Waals surface area contributed by atoms with Crippen LogP contribution < -0.4 is 0 Å². The lowest BCUT2D eigenvalue weighted by Gasteiger charge is -2.13. The Hall–Kier alpha value is 0.157. The van der Waals surface area contributed by atoms with Crippen molar-refractivity contribution in [3.8, 4) is 0 Å². The number of rotatable bonds is 9. The van der Waals surface area contributed by atoms with Gasteiger partial charge in [0.2, 0.25) is 0 Å². The maximum Gasteiger partial charge on any atom is 0.131 e. The molecule has 0 rings (SSSR count). The quantitative estimate of drug-likeness (QED) is 0.335. The number of thiol groups is 1. The van der Waals surface area contributed by atoms with E-state index in [4.69, 9.17) is 9.84 Å². The highest BCUT2D eigenvalue weighted by molar-refractivity contribution is 7.82. The van der Waals surface area contributed by atoms with E-state index in [9.17, 15) is 5.11 Å². The van der Waals surface area contributed by atoms with Gasteiger partial charge in [0.25, 0.3) is 0 Å². The molecular weight excluding hydrogens is 240 g/mol. The molecule has 0 aromatic carbocycles. The molecule has 2 unspecified atom stereocenters. The molecule has 2 N–H and O–H groups in total. The van der Waals surface area contributed by atoms with E-state index in [0.717, 1.165) is 12.8 Å². The molecule has 0 spiro atoms. The number of methoxy groups -OCH3 is 1. The highest BCUT2D eigenvalue weighted by Gasteiger charge is 2.12. The van der Waals surface area contributed by atoms with Crippen LogP contribution in [0.15, 0.2) is 0 Å². The average molecular weight is 263 g/mol. The molecule has 0 amide bonds. The summed E-state index contributed by atoms with van der Waals surface area (Å²) in [5.74, 6) is 0. The second-order valence-electron chi connectivity index (χ2n) is 3.80. The zero-order valence-electron chi connectivity index (χ0n) is 10.1. The molecule has 3 nitrogen and oxygen atoms in total. The van der Waals surface area contributed by atoms with Crippen molar-refractivity contribution >= 4 is 27.1 Å². The van der Waals surface area contributed by atoms with Crippen molar-refractivity contribution < 1.29 is 14.9 Å². The van der Waals surface area contributed by atoms with Gasteiger partial charge in [0.05, 0.1) is 21.1 Å². The Bertz CT molecular complexity index is 196. The third-order valence-electron chi connectivity index (χ3n) is 2.40. The number of aliphatic hydroxyl groups excluding tert-OH is 2. The Morgan fingerprint density at radius 1 is 1.38 bits per heavy atom. The van der Waals surface area contributed by atoms with Crippen LogP contribution in [0.2, 0.25) is 0 Å². The van der Waals surface area contributed by atoms with Gasteiger partial charge < -0.3 is 14.9 Å². The molecule has 1 radical (unpaired) electrons. The summed E-state index contributed by atoms with van der Waals surface area (Å²) in [5.41, 5.74) is 0. The normalized spacial score (nSPS) is 16.1. The van der Waals surface area contributed by atoms with Crippen molar-refractivity contribution in [2.75, 3.05) is 13.7 Å². The number of ether oxygens (including phenoxy) is 1. The van der Waals surface area contributed by atoms with Crippen molar-refractivity contribution in [2.45, 2.75) is 50.0 Å². The van der Waals surface area contributed by atoms with Crippen LogP contribution in [0.3, 0.4) is 0 Å². The summed E-state index contributed by atoms with van der Waals surface area (Å²) in [6, 6.07) is 0. The predicted molar refractivity (Wildman–Crippen MR) is 72.1 cm³/mol. The Morgan fingerprint density at radius 2 is 2.06 bits per heavy atom. The molecular formula is C11H23O3SSi. The summed E-state index contributed by atoms with van der Waals surface area (Å²) >= 11 is 4.44. The maximum absolute atomic E-state index is 9.68. The zero-order chi connectivity index (χ0) is 12.4. The zero-order valence-corrected chi connectivity index (χ0v) is 12.0. The average Bonchev–Trinajstić information content (AvgIpc) is 2.26. The van der Waals surface area contributed by atoms with Gasteiger partial charge in [-0.25, -0.2) is 0 Å². The minimum Gasteiger partial charge on any atom is -0.515 e. The minimum atomic E-state index is -0.552. The standard InChI is InChI=1S/C11H23O3SSi/c1-3-4-5-6-7-10(15)16-11(13)9(8-12)14-2/h9-10,12-13,15H,3-8H2,1-2H3. The van der Waals surface area contributed by atoms with E-state index in [1.165, 1.54) is 26.4 Å². The van der Waals surface area contributed by atoms with Crippen LogP contribution in [-0.2, 0) is 4.74 Å². The molecule has 0 aliphatic carbocycles. The topological polar surface area (TPSA) is 49.7 Å². The molecule has 0 fully saturated rings. The van der Waals surface area contributed by atoms with E-state index >= 15 is 0 Å². The van der Waals surface area contributed by atoms with Gasteiger partial charge in [0.15, 0.2) is 0 Å². The highest BCUT2D eigenvalue weighted by Crippen LogP contribution is 2.08. The fourth-order valence-electron chi connectivity index (χ4n) is 1.37. The second-order valence-corrected chi connectivity index (χ2v) is 6.41. The first kappa shape index (κ1) is 16.2. The lowest BCUT2D eigenvalue weighted by molar-refractivity contribution is 0.0852. The van der Waals surface area contributed by atoms with E-state index in [1.54, 1.807) is 0 Å². The molecule has 0 aliphatic heterocycles. The van der Waals surface area contributed by atoms with Crippen LogP contribution in [0, 0.1) is 0 Å². The van der Waals surface area contributed by atoms with Crippen LogP contribution >= 0.6 is 12.6 Å². The van der Waals surface area contributed by atoms with Crippen LogP contribution in [-0.4, -0.2) is 49.4 Å². The molecule has 95 valence electrons. The second kappa shape index (κ2) is 10.3. The van der Waals surface area contributed by atoms with E-state index in [-0.39, 0.29) is 26.0 Å². The van der Waals surface area contributed by atoms with Crippen LogP contribution in [0.5, 0.6) is 0 Å². The first-order valence-electron chi connectivity index (χ1n) is 5.79. The smallest absolute Gasteiger partial charge is 0.131 e. The number of aliphatic hydroxyl groups is 2. The molecule has 0 bridgehead atoms. The van der Waals surface area contributed by atoms with Crippen molar-refractivity contribution in [1.82, 2.24) is 0 Å². The Morgan fingerprint density at radius 3 is 2.56 bits per heavy atom. The molecule has 0 aromatic rings. The molecule has 0 saturated carbocycles. The molecule has 0 saturated heterocycles. The first-order chi connectivity index (χ1) is 7.65. The van der Waals surface area contributed by atoms with Gasteiger partial charge >= 0.3 is 0 Å². The fourth-order valence-corrected chi connectivity index (χ4v) is 3.04. The van der Waals surface area contributed by atoms with Crippen molar-refractivity contribution in [1.29, 1.82) is 0 Å². The molecule has 16 heavy (non-hydrogen) atoms. The first-order valence-corrected chi connectivity index (χ1v) is 7.39. The summed E-state index contributed by atoms with van der Waals surface area (Å²) in [7, 11) is 1.72. The van der Waals surface area contributed by atoms with Gasteiger partial charge in [-0.15, -0.1) is 0 Å². The molecule has 5 heteroatoms. The van der Waals surface area contributed by atoms with E-state index in [2.05, 4.69) is 19.6 Å². The third-order valence-corrected chi connectivity index (χ3v) is 4.29. The van der Waals surface area contributed by atoms with Gasteiger partial charge in [-0.05, 0) is 6.42 Å². The highest BCUT2D eigenvalue weighted by atomic mass is 32.1. The molecule has 2 atom stereocenters. The van der Waals surface area contributed by atoms with Crippen molar-refractivity contribution in [3.63, 3.8) is 0 Å². The number of hydrogen-bond donors (Lipinski definition) is 3. The molecule has 0 aromatic heterocycles. The van der Waals surface area contributed by atoms with Crippen molar-refractivity contribution in [2.24, 2.45) is 0 Å². The maximum atomic E-state index is 9.68. The van der Waals surface area contributed by atoms with E-state index in [1.807, 2.05) is 0 Å². The lowest BCUT2D eigenvalue weighted by atomic mass is 10.2. The van der Waals surface area contributed by atoms with Gasteiger partial charge in [0, 0.05) is 12.0 Å². The number of unbranched alkanes of at least 4 members (excludes halogenated alkanes) is 3. The summed E-state index contributed by atoms with van der Waals surface area (Å²) < 4.78 is 4.94. The van der Waals surface area contributed by atoms with Gasteiger partial charge in [-0.2, -0.15) is 12.6 Å². The van der Waals surface area contributed by atoms with Gasteiger partial charge in [-0.3, -0.25) is 0 Å². The summed E-state index contributed by atoms with van der Waals surface area (Å²) in [5, 5.41) is 18.8. The largest absolute Gasteiger partial charge is 0.515 e. The van der Waals surface area contributed by atoms with E-state index < -0.39 is 6.10 Å². The van der Waals surface area contributed by atoms with Crippen molar-refractivity contribution in [3.05, 3.63) is 0 Å². The minimum absolute atomic E-state index is 0.175. The van der Waals surface area contributed by atoms with Crippen LogP contribution in [0.25, 0.3) is 0 Å². The SMILES string of the molecule is CCCCCCC(S)[Si]=C(O)C(CO)OC. The van der Waals surface area contributed by atoms with Gasteiger partial charge in [0.1, 0.15) is 6.10 Å². The summed E-state index contributed by atoms with van der Waals surface area (Å²) in [4.78, 5) is 0.182. The molecule has 0 aliphatic rings.